The fourth-order valence-corrected chi connectivity index (χ4v) is 9.32. The van der Waals surface area contributed by atoms with Gasteiger partial charge in [-0.25, -0.2) is 4.79 Å². The molecule has 0 aromatic rings. The van der Waals surface area contributed by atoms with Crippen LogP contribution >= 0.6 is 31.9 Å². The zero-order valence-corrected chi connectivity index (χ0v) is 24.1. The Balaban J connectivity index is 1.43. The van der Waals surface area contributed by atoms with Crippen molar-refractivity contribution >= 4 is 49.8 Å². The zero-order chi connectivity index (χ0) is 25.9. The third-order valence-electron chi connectivity index (χ3n) is 10.7. The van der Waals surface area contributed by atoms with Crippen molar-refractivity contribution in [1.82, 2.24) is 0 Å². The zero-order valence-electron chi connectivity index (χ0n) is 21.0. The molecule has 36 heavy (non-hydrogen) atoms. The molecular formula is C27H36Br2O7. The molecule has 5 aliphatic rings. The molecule has 0 saturated heterocycles. The number of cyclic esters (lactones) is 1. The van der Waals surface area contributed by atoms with E-state index in [1.807, 2.05) is 0 Å². The van der Waals surface area contributed by atoms with Crippen LogP contribution in [0.3, 0.4) is 0 Å². The molecule has 200 valence electrons. The van der Waals surface area contributed by atoms with Gasteiger partial charge in [-0.1, -0.05) is 45.7 Å². The number of halogens is 2. The van der Waals surface area contributed by atoms with Gasteiger partial charge in [-0.3, -0.25) is 9.59 Å². The first-order chi connectivity index (χ1) is 17.1. The van der Waals surface area contributed by atoms with Gasteiger partial charge in [0.15, 0.2) is 0 Å². The molecule has 0 aromatic carbocycles. The third kappa shape index (κ3) is 4.10. The van der Waals surface area contributed by atoms with Gasteiger partial charge in [0.25, 0.3) is 0 Å². The summed E-state index contributed by atoms with van der Waals surface area (Å²) < 4.78 is 16.8. The van der Waals surface area contributed by atoms with Gasteiger partial charge in [0, 0.05) is 23.8 Å². The maximum Gasteiger partial charge on any atom is 0.331 e. The van der Waals surface area contributed by atoms with Gasteiger partial charge in [-0.05, 0) is 73.7 Å². The maximum atomic E-state index is 12.6. The Labute approximate surface area is 229 Å². The normalized spacial score (nSPS) is 45.6. The van der Waals surface area contributed by atoms with Gasteiger partial charge in [-0.15, -0.1) is 0 Å². The molecule has 9 heteroatoms. The monoisotopic (exact) mass is 630 g/mol. The van der Waals surface area contributed by atoms with E-state index in [0.29, 0.717) is 18.3 Å². The first-order valence-corrected chi connectivity index (χ1v) is 15.4. The summed E-state index contributed by atoms with van der Waals surface area (Å²) in [5, 5.41) is 12.9. The van der Waals surface area contributed by atoms with E-state index in [1.54, 1.807) is 0 Å². The number of rotatable bonds is 5. The van der Waals surface area contributed by atoms with Gasteiger partial charge in [-0.2, -0.15) is 0 Å². The molecule has 4 aliphatic carbocycles. The van der Waals surface area contributed by atoms with Crippen LogP contribution in [0.2, 0.25) is 0 Å². The third-order valence-corrected chi connectivity index (χ3v) is 11.6. The topological polar surface area (TPSA) is 99.1 Å². The number of carbonyl (C=O) groups excluding carboxylic acids is 3. The molecule has 0 spiro atoms. The molecule has 1 heterocycles. The Morgan fingerprint density at radius 3 is 2.44 bits per heavy atom. The summed E-state index contributed by atoms with van der Waals surface area (Å²) in [6.07, 6.45) is 7.78. The molecule has 0 radical (unpaired) electrons. The molecule has 0 unspecified atom stereocenters. The van der Waals surface area contributed by atoms with Crippen molar-refractivity contribution in [2.24, 2.45) is 34.5 Å². The van der Waals surface area contributed by atoms with Crippen LogP contribution in [0.1, 0.15) is 65.2 Å². The Morgan fingerprint density at radius 2 is 1.78 bits per heavy atom. The summed E-state index contributed by atoms with van der Waals surface area (Å²) in [7, 11) is 0. The number of hydrogen-bond donors (Lipinski definition) is 1. The van der Waals surface area contributed by atoms with Gasteiger partial charge < -0.3 is 19.3 Å². The highest BCUT2D eigenvalue weighted by Crippen LogP contribution is 2.70. The Morgan fingerprint density at radius 1 is 1.06 bits per heavy atom. The molecule has 0 aromatic heterocycles. The SMILES string of the molecule is C[C@]12CC[C@H](OC(=O)CBr)C[C@@H]1CC[C@@H]1[C@@H]2CC[C@]2(C)[C@H](C3=CC(=O)OC3)[C@@H](OC(=O)CBr)C[C@@]12O. The van der Waals surface area contributed by atoms with Crippen LogP contribution in [0.15, 0.2) is 11.6 Å². The molecule has 5 rings (SSSR count). The van der Waals surface area contributed by atoms with Gasteiger partial charge in [0.1, 0.15) is 29.5 Å². The highest BCUT2D eigenvalue weighted by Gasteiger charge is 2.71. The second kappa shape index (κ2) is 9.67. The van der Waals surface area contributed by atoms with Crippen LogP contribution in [0.4, 0.5) is 0 Å². The number of alkyl halides is 2. The van der Waals surface area contributed by atoms with Crippen molar-refractivity contribution in [3.05, 3.63) is 11.6 Å². The molecule has 0 bridgehead atoms. The van der Waals surface area contributed by atoms with Crippen molar-refractivity contribution in [2.75, 3.05) is 17.3 Å². The number of fused-ring (bicyclic) bond motifs is 5. The number of esters is 3. The number of aliphatic hydroxyl groups is 1. The highest BCUT2D eigenvalue weighted by molar-refractivity contribution is 9.09. The van der Waals surface area contributed by atoms with E-state index in [0.717, 1.165) is 50.5 Å². The van der Waals surface area contributed by atoms with Crippen molar-refractivity contribution in [3.8, 4) is 0 Å². The van der Waals surface area contributed by atoms with E-state index in [2.05, 4.69) is 45.7 Å². The van der Waals surface area contributed by atoms with Crippen molar-refractivity contribution in [1.29, 1.82) is 0 Å². The average Bonchev–Trinajstić information content (AvgIpc) is 3.36. The van der Waals surface area contributed by atoms with Crippen LogP contribution in [0.5, 0.6) is 0 Å². The van der Waals surface area contributed by atoms with Gasteiger partial charge in [0.05, 0.1) is 5.60 Å². The smallest absolute Gasteiger partial charge is 0.331 e. The van der Waals surface area contributed by atoms with Crippen LogP contribution in [-0.2, 0) is 28.6 Å². The molecule has 4 fully saturated rings. The number of carbonyl (C=O) groups is 3. The van der Waals surface area contributed by atoms with E-state index in [9.17, 15) is 19.5 Å². The molecule has 4 saturated carbocycles. The standard InChI is InChI=1S/C27H36Br2O7/c1-25-7-5-17(35-22(31)12-28)10-16(25)3-4-19-18(25)6-8-26(2)24(15-9-21(30)34-14-15)20(11-27(19,26)33)36-23(32)13-29/h9,16-20,24,33H,3-8,10-14H2,1-2H3/t16-,17-,18-,19+,20-,24+,25-,26+,27+/m0/s1. The minimum atomic E-state index is -1.00. The predicted molar refractivity (Wildman–Crippen MR) is 138 cm³/mol. The number of hydrogen-bond acceptors (Lipinski definition) is 7. The first kappa shape index (κ1) is 26.7. The fraction of sp³-hybridized carbons (Fsp3) is 0.815. The Bertz CT molecular complexity index is 968. The lowest BCUT2D eigenvalue weighted by atomic mass is 9.43. The van der Waals surface area contributed by atoms with Crippen molar-refractivity contribution < 1.29 is 33.7 Å². The van der Waals surface area contributed by atoms with Crippen LogP contribution in [-0.4, -0.2) is 58.1 Å². The van der Waals surface area contributed by atoms with E-state index in [4.69, 9.17) is 14.2 Å². The van der Waals surface area contributed by atoms with E-state index < -0.39 is 17.1 Å². The minimum Gasteiger partial charge on any atom is -0.462 e. The molecule has 0 amide bonds. The lowest BCUT2D eigenvalue weighted by Crippen LogP contribution is -2.62. The van der Waals surface area contributed by atoms with Gasteiger partial charge >= 0.3 is 17.9 Å². The quantitative estimate of drug-likeness (QED) is 0.272. The van der Waals surface area contributed by atoms with Crippen molar-refractivity contribution in [3.63, 3.8) is 0 Å². The lowest BCUT2D eigenvalue weighted by Gasteiger charge is -2.63. The van der Waals surface area contributed by atoms with Crippen molar-refractivity contribution in [2.45, 2.75) is 83.0 Å². The predicted octanol–water partition coefficient (Wildman–Crippen LogP) is 4.47. The van der Waals surface area contributed by atoms with Crippen LogP contribution in [0.25, 0.3) is 0 Å². The Kier molecular flexibility index (Phi) is 7.16. The summed E-state index contributed by atoms with van der Waals surface area (Å²) in [5.74, 6) is -0.278. The molecular weight excluding hydrogens is 596 g/mol. The van der Waals surface area contributed by atoms with Gasteiger partial charge in [0.2, 0.25) is 0 Å². The van der Waals surface area contributed by atoms with Crippen LogP contribution < -0.4 is 0 Å². The molecule has 7 nitrogen and oxygen atoms in total. The van der Waals surface area contributed by atoms with E-state index in [-0.39, 0.29) is 58.5 Å². The second-order valence-corrected chi connectivity index (χ2v) is 13.2. The highest BCUT2D eigenvalue weighted by atomic mass is 79.9. The summed E-state index contributed by atoms with van der Waals surface area (Å²) in [6, 6.07) is 0. The van der Waals surface area contributed by atoms with E-state index >= 15 is 0 Å². The summed E-state index contributed by atoms with van der Waals surface area (Å²) >= 11 is 6.39. The van der Waals surface area contributed by atoms with Crippen LogP contribution in [0, 0.1) is 34.5 Å². The molecule has 1 aliphatic heterocycles. The fourth-order valence-electron chi connectivity index (χ4n) is 9.05. The molecule has 9 atom stereocenters. The lowest BCUT2D eigenvalue weighted by molar-refractivity contribution is -0.209. The molecule has 1 N–H and O–H groups in total. The second-order valence-electron chi connectivity index (χ2n) is 12.1. The maximum absolute atomic E-state index is 12.6. The average molecular weight is 632 g/mol. The summed E-state index contributed by atoms with van der Waals surface area (Å²) in [4.78, 5) is 36.2. The summed E-state index contributed by atoms with van der Waals surface area (Å²) in [5.41, 5.74) is -0.615. The summed E-state index contributed by atoms with van der Waals surface area (Å²) in [6.45, 7) is 4.70. The number of ether oxygens (including phenoxy) is 3. The largest absolute Gasteiger partial charge is 0.462 e. The van der Waals surface area contributed by atoms with E-state index in [1.165, 1.54) is 6.08 Å². The first-order valence-electron chi connectivity index (χ1n) is 13.2. The Hall–Kier alpha value is -0.930. The minimum absolute atomic E-state index is 0.0302.